The van der Waals surface area contributed by atoms with E-state index in [0.717, 1.165) is 52.8 Å². The number of aryl methyl sites for hydroxylation is 2. The van der Waals surface area contributed by atoms with Gasteiger partial charge < -0.3 is 14.5 Å². The molecule has 0 aliphatic carbocycles. The number of benzene rings is 2. The van der Waals surface area contributed by atoms with E-state index >= 15 is 0 Å². The third-order valence-corrected chi connectivity index (χ3v) is 7.34. The van der Waals surface area contributed by atoms with Gasteiger partial charge in [-0.15, -0.1) is 5.10 Å². The maximum absolute atomic E-state index is 13.9. The smallest absolute Gasteiger partial charge is 0.253 e. The van der Waals surface area contributed by atoms with Crippen molar-refractivity contribution in [2.24, 2.45) is 0 Å². The maximum atomic E-state index is 13.9. The molecule has 9 heteroatoms. The Balaban J connectivity index is 1.71. The Kier molecular flexibility index (Phi) is 7.55. The molecule has 0 amide bonds. The van der Waals surface area contributed by atoms with Gasteiger partial charge in [0.25, 0.3) is 5.56 Å². The molecule has 1 aliphatic heterocycles. The van der Waals surface area contributed by atoms with Crippen LogP contribution in [0.3, 0.4) is 0 Å². The second-order valence-corrected chi connectivity index (χ2v) is 11.5. The molecule has 1 N–H and O–H groups in total. The third-order valence-electron chi connectivity index (χ3n) is 7.34. The van der Waals surface area contributed by atoms with E-state index in [9.17, 15) is 4.79 Å². The van der Waals surface area contributed by atoms with Gasteiger partial charge in [0.15, 0.2) is 5.82 Å². The lowest BCUT2D eigenvalue weighted by molar-refractivity contribution is 0.0564. The molecule has 1 saturated heterocycles. The Morgan fingerprint density at radius 2 is 2.03 bits per heavy atom. The number of ether oxygens (including phenoxy) is 2. The molecule has 0 bridgehead atoms. The fraction of sp³-hybridized carbons (Fsp3) is 0.467. The number of nitrogens with one attached hydrogen (secondary N) is 1. The van der Waals surface area contributed by atoms with Crippen LogP contribution in [0.1, 0.15) is 67.7 Å². The molecule has 2 unspecified atom stereocenters. The fourth-order valence-corrected chi connectivity index (χ4v) is 5.56. The average Bonchev–Trinajstić information content (AvgIpc) is 3.58. The van der Waals surface area contributed by atoms with E-state index in [4.69, 9.17) is 9.47 Å². The lowest BCUT2D eigenvalue weighted by Gasteiger charge is -2.34. The second-order valence-electron chi connectivity index (χ2n) is 11.5. The quantitative estimate of drug-likeness (QED) is 0.354. The standard InChI is InChI=1S/C30H38N6O3/c1-19-13-20(2)26-22(14-19)16-25(29(37)31-26)27(28-32-33-34-36(28)30(3,4)5)35(18-24-11-8-12-39-24)17-21-9-7-10-23(15-21)38-6/h7,9-10,13-16,24,27H,8,11-12,17-18H2,1-6H3,(H,31,37). The molecule has 9 nitrogen and oxygen atoms in total. The summed E-state index contributed by atoms with van der Waals surface area (Å²) in [5, 5.41) is 14.0. The molecule has 2 atom stereocenters. The highest BCUT2D eigenvalue weighted by Gasteiger charge is 2.35. The van der Waals surface area contributed by atoms with Crippen molar-refractivity contribution < 1.29 is 9.47 Å². The molecule has 206 valence electrons. The Morgan fingerprint density at radius 1 is 1.21 bits per heavy atom. The first kappa shape index (κ1) is 27.0. The van der Waals surface area contributed by atoms with E-state index in [1.807, 2.05) is 35.9 Å². The Morgan fingerprint density at radius 3 is 2.74 bits per heavy atom. The van der Waals surface area contributed by atoms with Crippen LogP contribution in [0.25, 0.3) is 10.9 Å². The maximum Gasteiger partial charge on any atom is 0.253 e. The minimum absolute atomic E-state index is 0.0566. The number of aromatic amines is 1. The minimum atomic E-state index is -0.511. The van der Waals surface area contributed by atoms with Crippen LogP contribution < -0.4 is 10.3 Å². The van der Waals surface area contributed by atoms with E-state index in [0.29, 0.717) is 24.5 Å². The van der Waals surface area contributed by atoms with Crippen LogP contribution in [0.5, 0.6) is 5.75 Å². The SMILES string of the molecule is COc1cccc(CN(CC2CCCO2)C(c2cc3cc(C)cc(C)c3[nH]c2=O)c2nnnn2C(C)(C)C)c1. The molecular weight excluding hydrogens is 492 g/mol. The van der Waals surface area contributed by atoms with Crippen molar-refractivity contribution >= 4 is 10.9 Å². The van der Waals surface area contributed by atoms with Crippen LogP contribution in [-0.2, 0) is 16.8 Å². The van der Waals surface area contributed by atoms with E-state index in [2.05, 4.69) is 71.3 Å². The zero-order valence-corrected chi connectivity index (χ0v) is 23.7. The van der Waals surface area contributed by atoms with Crippen LogP contribution in [0, 0.1) is 13.8 Å². The Hall–Kier alpha value is -3.56. The summed E-state index contributed by atoms with van der Waals surface area (Å²) in [5.41, 5.74) is 4.16. The lowest BCUT2D eigenvalue weighted by Crippen LogP contribution is -2.40. The molecule has 2 aromatic heterocycles. The summed E-state index contributed by atoms with van der Waals surface area (Å²) < 4.78 is 13.4. The predicted molar refractivity (Wildman–Crippen MR) is 151 cm³/mol. The average molecular weight is 531 g/mol. The van der Waals surface area contributed by atoms with Crippen LogP contribution in [0.4, 0.5) is 0 Å². The summed E-state index contributed by atoms with van der Waals surface area (Å²) in [4.78, 5) is 19.3. The summed E-state index contributed by atoms with van der Waals surface area (Å²) >= 11 is 0. The van der Waals surface area contributed by atoms with Crippen molar-refractivity contribution in [3.63, 3.8) is 0 Å². The molecule has 5 rings (SSSR count). The molecule has 0 spiro atoms. The molecule has 1 aliphatic rings. The summed E-state index contributed by atoms with van der Waals surface area (Å²) in [5.74, 6) is 1.41. The van der Waals surface area contributed by atoms with Gasteiger partial charge in [-0.2, -0.15) is 0 Å². The van der Waals surface area contributed by atoms with Gasteiger partial charge in [-0.05, 0) is 98.7 Å². The first-order valence-corrected chi connectivity index (χ1v) is 13.6. The highest BCUT2D eigenvalue weighted by Crippen LogP contribution is 2.33. The number of hydrogen-bond donors (Lipinski definition) is 1. The number of tetrazole rings is 1. The monoisotopic (exact) mass is 530 g/mol. The Bertz CT molecular complexity index is 1510. The van der Waals surface area contributed by atoms with E-state index in [-0.39, 0.29) is 17.2 Å². The van der Waals surface area contributed by atoms with Gasteiger partial charge >= 0.3 is 0 Å². The van der Waals surface area contributed by atoms with Crippen molar-refractivity contribution in [1.29, 1.82) is 0 Å². The molecule has 39 heavy (non-hydrogen) atoms. The van der Waals surface area contributed by atoms with Crippen LogP contribution in [0.2, 0.25) is 0 Å². The van der Waals surface area contributed by atoms with E-state index in [1.54, 1.807) is 7.11 Å². The summed E-state index contributed by atoms with van der Waals surface area (Å²) in [6, 6.07) is 13.7. The van der Waals surface area contributed by atoms with Gasteiger partial charge in [-0.1, -0.05) is 23.8 Å². The molecule has 1 fully saturated rings. The molecule has 0 saturated carbocycles. The number of rotatable bonds is 8. The number of fused-ring (bicyclic) bond motifs is 1. The van der Waals surface area contributed by atoms with E-state index < -0.39 is 6.04 Å². The van der Waals surface area contributed by atoms with Gasteiger partial charge in [0.1, 0.15) is 11.8 Å². The van der Waals surface area contributed by atoms with Crippen molar-refractivity contribution in [2.45, 2.75) is 71.7 Å². The normalized spacial score (nSPS) is 16.7. The van der Waals surface area contributed by atoms with Crippen molar-refractivity contribution in [1.82, 2.24) is 30.1 Å². The first-order valence-electron chi connectivity index (χ1n) is 13.6. The largest absolute Gasteiger partial charge is 0.497 e. The topological polar surface area (TPSA) is 98.2 Å². The van der Waals surface area contributed by atoms with Gasteiger partial charge in [0.05, 0.1) is 24.3 Å². The van der Waals surface area contributed by atoms with Crippen molar-refractivity contribution in [3.05, 3.63) is 80.9 Å². The third kappa shape index (κ3) is 5.74. The molecule has 2 aromatic carbocycles. The summed E-state index contributed by atoms with van der Waals surface area (Å²) in [6.07, 6.45) is 2.05. The number of H-pyrrole nitrogens is 1. The fourth-order valence-electron chi connectivity index (χ4n) is 5.56. The van der Waals surface area contributed by atoms with Gasteiger partial charge in [0.2, 0.25) is 0 Å². The van der Waals surface area contributed by atoms with Gasteiger partial charge in [-0.3, -0.25) is 9.69 Å². The zero-order valence-electron chi connectivity index (χ0n) is 23.7. The van der Waals surface area contributed by atoms with E-state index in [1.165, 1.54) is 0 Å². The van der Waals surface area contributed by atoms with Gasteiger partial charge in [0, 0.05) is 25.3 Å². The molecular formula is C30H38N6O3. The highest BCUT2D eigenvalue weighted by atomic mass is 16.5. The lowest BCUT2D eigenvalue weighted by atomic mass is 9.98. The number of methoxy groups -OCH3 is 1. The van der Waals surface area contributed by atoms with Gasteiger partial charge in [-0.25, -0.2) is 4.68 Å². The molecule has 4 aromatic rings. The number of aromatic nitrogens is 5. The van der Waals surface area contributed by atoms with Crippen LogP contribution in [0.15, 0.2) is 47.3 Å². The number of pyridine rings is 1. The highest BCUT2D eigenvalue weighted by molar-refractivity contribution is 5.83. The second kappa shape index (κ2) is 10.9. The summed E-state index contributed by atoms with van der Waals surface area (Å²) in [7, 11) is 1.67. The van der Waals surface area contributed by atoms with Crippen molar-refractivity contribution in [2.75, 3.05) is 20.3 Å². The van der Waals surface area contributed by atoms with Crippen LogP contribution in [-0.4, -0.2) is 56.5 Å². The Labute approximate surface area is 229 Å². The van der Waals surface area contributed by atoms with Crippen LogP contribution >= 0.6 is 0 Å². The zero-order chi connectivity index (χ0) is 27.7. The molecule has 0 radical (unpaired) electrons. The molecule has 3 heterocycles. The number of nitrogens with zero attached hydrogens (tertiary/aromatic N) is 5. The van der Waals surface area contributed by atoms with Crippen molar-refractivity contribution in [3.8, 4) is 5.75 Å². The predicted octanol–water partition coefficient (Wildman–Crippen LogP) is 4.67. The minimum Gasteiger partial charge on any atom is -0.497 e. The summed E-state index contributed by atoms with van der Waals surface area (Å²) in [6.45, 7) is 12.2. The number of hydrogen-bond acceptors (Lipinski definition) is 7. The first-order chi connectivity index (χ1) is 18.6.